The number of carboxylic acid groups (broad SMARTS) is 1. The van der Waals surface area contributed by atoms with Crippen molar-refractivity contribution < 1.29 is 24.3 Å². The SMILES string of the molecule is Nc1nc2[nH]cc(CCc3ccc(C(=O)N[C@@H](CCC(=O)NCCNC(=O)CCCc4ccc(I)cc4)C(=O)O)cc3)c2c(=O)[nH]1. The molecule has 13 nitrogen and oxygen atoms in total. The number of nitrogens with two attached hydrogens (primary N) is 1. The third-order valence-corrected chi connectivity index (χ3v) is 8.08. The van der Waals surface area contributed by atoms with E-state index in [-0.39, 0.29) is 54.8 Å². The zero-order valence-electron chi connectivity index (χ0n) is 25.0. The van der Waals surface area contributed by atoms with E-state index in [1.165, 1.54) is 5.56 Å². The highest BCUT2D eigenvalue weighted by molar-refractivity contribution is 14.1. The van der Waals surface area contributed by atoms with Gasteiger partial charge in [0.15, 0.2) is 0 Å². The number of carbonyl (C=O) groups is 4. The number of aliphatic carboxylic acids is 1. The molecule has 0 fully saturated rings. The van der Waals surface area contributed by atoms with Gasteiger partial charge in [-0.15, -0.1) is 0 Å². The van der Waals surface area contributed by atoms with Crippen LogP contribution >= 0.6 is 22.6 Å². The topological polar surface area (TPSA) is 212 Å². The maximum Gasteiger partial charge on any atom is 0.326 e. The molecule has 2 aromatic heterocycles. The van der Waals surface area contributed by atoms with Crippen molar-refractivity contribution in [3.63, 3.8) is 0 Å². The molecule has 0 aliphatic carbocycles. The molecule has 242 valence electrons. The van der Waals surface area contributed by atoms with E-state index in [1.54, 1.807) is 30.5 Å². The van der Waals surface area contributed by atoms with Gasteiger partial charge in [-0.05, 0) is 95.7 Å². The van der Waals surface area contributed by atoms with E-state index in [2.05, 4.69) is 53.5 Å². The number of aromatic amines is 2. The summed E-state index contributed by atoms with van der Waals surface area (Å²) in [6.45, 7) is 0.468. The molecule has 0 bridgehead atoms. The summed E-state index contributed by atoms with van der Waals surface area (Å²) in [6.07, 6.45) is 4.54. The monoisotopic (exact) mass is 741 g/mol. The molecule has 8 N–H and O–H groups in total. The number of benzene rings is 2. The highest BCUT2D eigenvalue weighted by Gasteiger charge is 2.22. The molecule has 3 amide bonds. The summed E-state index contributed by atoms with van der Waals surface area (Å²) in [6, 6.07) is 13.6. The smallest absolute Gasteiger partial charge is 0.326 e. The van der Waals surface area contributed by atoms with E-state index < -0.39 is 17.9 Å². The minimum absolute atomic E-state index is 0.0334. The molecule has 46 heavy (non-hydrogen) atoms. The number of amides is 3. The number of carboxylic acids is 1. The van der Waals surface area contributed by atoms with E-state index in [0.29, 0.717) is 30.3 Å². The van der Waals surface area contributed by atoms with Crippen LogP contribution in [0, 0.1) is 3.57 Å². The van der Waals surface area contributed by atoms with Crippen molar-refractivity contribution in [2.45, 2.75) is 51.0 Å². The van der Waals surface area contributed by atoms with Gasteiger partial charge in [0.25, 0.3) is 11.5 Å². The first kappa shape index (κ1) is 34.1. The van der Waals surface area contributed by atoms with Gasteiger partial charge in [-0.3, -0.25) is 24.2 Å². The van der Waals surface area contributed by atoms with Gasteiger partial charge in [-0.2, -0.15) is 4.98 Å². The first-order valence-electron chi connectivity index (χ1n) is 14.8. The summed E-state index contributed by atoms with van der Waals surface area (Å²) in [7, 11) is 0. The second-order valence-corrected chi connectivity index (χ2v) is 12.0. The summed E-state index contributed by atoms with van der Waals surface area (Å²) in [5.41, 5.74) is 8.83. The molecule has 0 aliphatic rings. The Morgan fingerprint density at radius 1 is 0.891 bits per heavy atom. The second kappa shape index (κ2) is 16.5. The first-order chi connectivity index (χ1) is 22.1. The predicted octanol–water partition coefficient (Wildman–Crippen LogP) is 2.44. The number of H-pyrrole nitrogens is 2. The third-order valence-electron chi connectivity index (χ3n) is 7.36. The number of nitrogens with one attached hydrogen (secondary N) is 5. The Hall–Kier alpha value is -4.73. The highest BCUT2D eigenvalue weighted by Crippen LogP contribution is 2.16. The number of fused-ring (bicyclic) bond motifs is 1. The number of carbonyl (C=O) groups excluding carboxylic acids is 3. The van der Waals surface area contributed by atoms with Gasteiger partial charge in [0.2, 0.25) is 17.8 Å². The van der Waals surface area contributed by atoms with Crippen LogP contribution in [-0.4, -0.2) is 62.9 Å². The van der Waals surface area contributed by atoms with Crippen LogP contribution in [0.25, 0.3) is 11.0 Å². The van der Waals surface area contributed by atoms with Crippen LogP contribution in [0.4, 0.5) is 5.95 Å². The molecule has 0 saturated heterocycles. The number of halogens is 1. The van der Waals surface area contributed by atoms with Gasteiger partial charge in [0, 0.05) is 41.3 Å². The molecule has 1 atom stereocenters. The van der Waals surface area contributed by atoms with Crippen molar-refractivity contribution in [2.75, 3.05) is 18.8 Å². The lowest BCUT2D eigenvalue weighted by Gasteiger charge is -2.15. The Kier molecular flexibility index (Phi) is 12.3. The zero-order valence-corrected chi connectivity index (χ0v) is 27.2. The van der Waals surface area contributed by atoms with Crippen molar-refractivity contribution in [3.8, 4) is 0 Å². The summed E-state index contributed by atoms with van der Waals surface area (Å²) in [5.74, 6) is -2.27. The molecular formula is C32H36IN7O6. The average Bonchev–Trinajstić information content (AvgIpc) is 3.44. The number of anilines is 1. The molecule has 2 heterocycles. The minimum Gasteiger partial charge on any atom is -0.480 e. The number of hydrogen-bond acceptors (Lipinski definition) is 7. The van der Waals surface area contributed by atoms with Gasteiger partial charge in [-0.1, -0.05) is 24.3 Å². The number of nitrogens with zero attached hydrogens (tertiary/aromatic N) is 1. The molecule has 0 radical (unpaired) electrons. The molecule has 2 aromatic carbocycles. The fourth-order valence-electron chi connectivity index (χ4n) is 4.88. The molecule has 0 spiro atoms. The highest BCUT2D eigenvalue weighted by atomic mass is 127. The number of aromatic nitrogens is 3. The second-order valence-electron chi connectivity index (χ2n) is 10.8. The number of nitrogen functional groups attached to an aromatic ring is 1. The van der Waals surface area contributed by atoms with Gasteiger partial charge < -0.3 is 31.8 Å². The van der Waals surface area contributed by atoms with Gasteiger partial charge in [0.05, 0.1) is 5.39 Å². The van der Waals surface area contributed by atoms with Crippen LogP contribution in [0.15, 0.2) is 59.5 Å². The maximum absolute atomic E-state index is 12.7. The number of rotatable bonds is 16. The number of aryl methyl sites for hydroxylation is 3. The van der Waals surface area contributed by atoms with E-state index in [1.807, 2.05) is 24.3 Å². The molecule has 4 aromatic rings. The van der Waals surface area contributed by atoms with Crippen molar-refractivity contribution in [2.24, 2.45) is 0 Å². The van der Waals surface area contributed by atoms with Gasteiger partial charge in [-0.25, -0.2) is 4.79 Å². The zero-order chi connectivity index (χ0) is 33.1. The van der Waals surface area contributed by atoms with E-state index in [4.69, 9.17) is 5.73 Å². The van der Waals surface area contributed by atoms with Crippen LogP contribution in [0.2, 0.25) is 0 Å². The molecule has 0 saturated carbocycles. The van der Waals surface area contributed by atoms with E-state index >= 15 is 0 Å². The standard InChI is InChI=1S/C32H36IN7O6/c33-23-12-7-19(8-13-23)2-1-3-25(41)35-16-17-36-26(42)15-14-24(31(45)46)38-29(43)21-9-4-20(5-10-21)6-11-22-18-37-28-27(22)30(44)40-32(34)39-28/h4-5,7-10,12-13,18,24H,1-3,6,11,14-17H2,(H,35,41)(H,36,42)(H,38,43)(H,45,46)(H4,34,37,39,40,44)/t24-/m0/s1. The Balaban J connectivity index is 1.14. The molecule has 14 heteroatoms. The van der Waals surface area contributed by atoms with Crippen LogP contribution in [-0.2, 0) is 33.6 Å². The van der Waals surface area contributed by atoms with Crippen molar-refractivity contribution in [3.05, 3.63) is 90.9 Å². The maximum atomic E-state index is 12.7. The Labute approximate surface area is 278 Å². The molecular weight excluding hydrogens is 705 g/mol. The molecule has 0 unspecified atom stereocenters. The normalized spacial score (nSPS) is 11.6. The van der Waals surface area contributed by atoms with Crippen molar-refractivity contribution in [1.29, 1.82) is 0 Å². The Bertz CT molecular complexity index is 1730. The largest absolute Gasteiger partial charge is 0.480 e. The quantitative estimate of drug-likeness (QED) is 0.0668. The molecule has 0 aliphatic heterocycles. The lowest BCUT2D eigenvalue weighted by atomic mass is 10.0. The average molecular weight is 742 g/mol. The first-order valence-corrected chi connectivity index (χ1v) is 15.9. The molecule has 4 rings (SSSR count). The summed E-state index contributed by atoms with van der Waals surface area (Å²) in [4.78, 5) is 70.6. The lowest BCUT2D eigenvalue weighted by molar-refractivity contribution is -0.139. The van der Waals surface area contributed by atoms with Crippen LogP contribution in [0.5, 0.6) is 0 Å². The van der Waals surface area contributed by atoms with E-state index in [9.17, 15) is 29.1 Å². The Morgan fingerprint density at radius 2 is 1.52 bits per heavy atom. The summed E-state index contributed by atoms with van der Waals surface area (Å²) < 4.78 is 1.16. The van der Waals surface area contributed by atoms with Gasteiger partial charge in [0.1, 0.15) is 11.7 Å². The lowest BCUT2D eigenvalue weighted by Crippen LogP contribution is -2.42. The fraction of sp³-hybridized carbons (Fsp3) is 0.312. The Morgan fingerprint density at radius 3 is 2.20 bits per heavy atom. The van der Waals surface area contributed by atoms with Gasteiger partial charge >= 0.3 is 5.97 Å². The van der Waals surface area contributed by atoms with Crippen LogP contribution in [0.3, 0.4) is 0 Å². The predicted molar refractivity (Wildman–Crippen MR) is 181 cm³/mol. The fourth-order valence-corrected chi connectivity index (χ4v) is 5.24. The van der Waals surface area contributed by atoms with Crippen molar-refractivity contribution >= 4 is 63.3 Å². The number of hydrogen-bond donors (Lipinski definition) is 7. The van der Waals surface area contributed by atoms with Crippen molar-refractivity contribution in [1.82, 2.24) is 30.9 Å². The summed E-state index contributed by atoms with van der Waals surface area (Å²) in [5, 5.41) is 17.9. The van der Waals surface area contributed by atoms with Crippen LogP contribution in [0.1, 0.15) is 52.7 Å². The van der Waals surface area contributed by atoms with Crippen LogP contribution < -0.4 is 27.2 Å². The minimum atomic E-state index is -1.26. The summed E-state index contributed by atoms with van der Waals surface area (Å²) >= 11 is 2.24. The van der Waals surface area contributed by atoms with E-state index in [0.717, 1.165) is 27.5 Å². The third kappa shape index (κ3) is 10.2.